The molecule has 0 spiro atoms. The molecule has 54 heavy (non-hydrogen) atoms. The van der Waals surface area contributed by atoms with Gasteiger partial charge >= 0.3 is 0 Å². The van der Waals surface area contributed by atoms with Gasteiger partial charge in [-0.2, -0.15) is 0 Å². The molecule has 0 aliphatic carbocycles. The third kappa shape index (κ3) is 5.71. The molecule has 2 nitrogen and oxygen atoms in total. The predicted octanol–water partition coefficient (Wildman–Crippen LogP) is 14.9. The van der Waals surface area contributed by atoms with E-state index < -0.39 is 0 Å². The van der Waals surface area contributed by atoms with Gasteiger partial charge in [-0.25, -0.2) is 0 Å². The maximum absolute atomic E-state index is 6.22. The first-order valence-corrected chi connectivity index (χ1v) is 18.4. The molecule has 0 aliphatic rings. The number of para-hydroxylation sites is 1. The average Bonchev–Trinajstić information content (AvgIpc) is 3.64. The van der Waals surface area contributed by atoms with Crippen molar-refractivity contribution in [1.29, 1.82) is 0 Å². The van der Waals surface area contributed by atoms with Crippen LogP contribution < -0.4 is 4.90 Å². The highest BCUT2D eigenvalue weighted by molar-refractivity contribution is 6.19. The van der Waals surface area contributed by atoms with E-state index >= 15 is 0 Å². The van der Waals surface area contributed by atoms with E-state index in [4.69, 9.17) is 4.42 Å². The fourth-order valence-electron chi connectivity index (χ4n) is 7.82. The van der Waals surface area contributed by atoms with Gasteiger partial charge in [-0.1, -0.05) is 158 Å². The standard InChI is InChI=1S/C52H35NO/c1-3-12-36(13-4-1)41-16-11-17-45(34-41)53(44-31-26-39(27-32-44)47-19-8-7-18-46(47)38-14-5-2-6-15-38)43-29-24-37(25-30-43)42-23-22-40-28-33-51-52(49(40)35-42)48-20-9-10-21-50(48)54-51/h1-35H. The minimum Gasteiger partial charge on any atom is -0.456 e. The van der Waals surface area contributed by atoms with Gasteiger partial charge in [0, 0.05) is 27.8 Å². The highest BCUT2D eigenvalue weighted by Crippen LogP contribution is 2.41. The monoisotopic (exact) mass is 689 g/mol. The van der Waals surface area contributed by atoms with E-state index in [0.717, 1.165) is 39.2 Å². The Hall–Kier alpha value is -7.16. The number of furan rings is 1. The van der Waals surface area contributed by atoms with E-state index in [0.29, 0.717) is 0 Å². The van der Waals surface area contributed by atoms with Crippen molar-refractivity contribution in [3.63, 3.8) is 0 Å². The fourth-order valence-corrected chi connectivity index (χ4v) is 7.82. The second-order valence-corrected chi connectivity index (χ2v) is 13.7. The van der Waals surface area contributed by atoms with Gasteiger partial charge in [-0.3, -0.25) is 0 Å². The molecule has 0 saturated heterocycles. The lowest BCUT2D eigenvalue weighted by atomic mass is 9.94. The van der Waals surface area contributed by atoms with Crippen LogP contribution in [0.2, 0.25) is 0 Å². The van der Waals surface area contributed by atoms with Crippen LogP contribution in [0.25, 0.3) is 77.2 Å². The van der Waals surface area contributed by atoms with Gasteiger partial charge < -0.3 is 9.32 Å². The van der Waals surface area contributed by atoms with Crippen LogP contribution >= 0.6 is 0 Å². The Morgan fingerprint density at radius 1 is 0.296 bits per heavy atom. The quantitative estimate of drug-likeness (QED) is 0.166. The Labute approximate surface area is 314 Å². The Morgan fingerprint density at radius 3 is 1.54 bits per heavy atom. The average molecular weight is 690 g/mol. The van der Waals surface area contributed by atoms with Crippen molar-refractivity contribution in [1.82, 2.24) is 0 Å². The Bertz CT molecular complexity index is 2910. The van der Waals surface area contributed by atoms with Crippen molar-refractivity contribution >= 4 is 49.8 Å². The zero-order chi connectivity index (χ0) is 35.8. The molecule has 0 saturated carbocycles. The van der Waals surface area contributed by atoms with Gasteiger partial charge in [-0.15, -0.1) is 0 Å². The van der Waals surface area contributed by atoms with Crippen LogP contribution in [-0.4, -0.2) is 0 Å². The first-order chi connectivity index (χ1) is 26.8. The maximum Gasteiger partial charge on any atom is 0.136 e. The Kier molecular flexibility index (Phi) is 7.85. The summed E-state index contributed by atoms with van der Waals surface area (Å²) in [5.74, 6) is 0. The number of hydrogen-bond donors (Lipinski definition) is 0. The van der Waals surface area contributed by atoms with Crippen molar-refractivity contribution in [3.05, 3.63) is 212 Å². The lowest BCUT2D eigenvalue weighted by Crippen LogP contribution is -2.10. The molecule has 1 aromatic heterocycles. The summed E-state index contributed by atoms with van der Waals surface area (Å²) in [7, 11) is 0. The van der Waals surface area contributed by atoms with E-state index in [-0.39, 0.29) is 0 Å². The largest absolute Gasteiger partial charge is 0.456 e. The summed E-state index contributed by atoms with van der Waals surface area (Å²) < 4.78 is 6.22. The molecule has 0 radical (unpaired) electrons. The molecule has 0 fully saturated rings. The van der Waals surface area contributed by atoms with Gasteiger partial charge in [0.2, 0.25) is 0 Å². The third-order valence-corrected chi connectivity index (χ3v) is 10.5. The zero-order valence-electron chi connectivity index (χ0n) is 29.6. The molecule has 0 bridgehead atoms. The summed E-state index contributed by atoms with van der Waals surface area (Å²) >= 11 is 0. The number of anilines is 3. The highest BCUT2D eigenvalue weighted by Gasteiger charge is 2.16. The Morgan fingerprint density at radius 2 is 0.815 bits per heavy atom. The minimum absolute atomic E-state index is 0.916. The van der Waals surface area contributed by atoms with Gasteiger partial charge in [0.05, 0.1) is 0 Å². The lowest BCUT2D eigenvalue weighted by molar-refractivity contribution is 0.669. The predicted molar refractivity (Wildman–Crippen MR) is 228 cm³/mol. The number of hydrogen-bond acceptors (Lipinski definition) is 2. The SMILES string of the molecule is c1ccc(-c2cccc(N(c3ccc(-c4ccc5ccc6oc7ccccc7c6c5c4)cc3)c3ccc(-c4ccccc4-c4ccccc4)cc3)c2)cc1. The summed E-state index contributed by atoms with van der Waals surface area (Å²) in [4.78, 5) is 2.35. The minimum atomic E-state index is 0.916. The van der Waals surface area contributed by atoms with Crippen LogP contribution in [0.1, 0.15) is 0 Å². The summed E-state index contributed by atoms with van der Waals surface area (Å²) in [5, 5.41) is 4.72. The first-order valence-electron chi connectivity index (χ1n) is 18.4. The summed E-state index contributed by atoms with van der Waals surface area (Å²) in [6, 6.07) is 75.9. The molecule has 0 atom stereocenters. The van der Waals surface area contributed by atoms with Crippen LogP contribution in [0.5, 0.6) is 0 Å². The smallest absolute Gasteiger partial charge is 0.136 e. The van der Waals surface area contributed by atoms with Crippen molar-refractivity contribution in [2.24, 2.45) is 0 Å². The van der Waals surface area contributed by atoms with E-state index in [1.807, 2.05) is 12.1 Å². The maximum atomic E-state index is 6.22. The van der Waals surface area contributed by atoms with E-state index in [2.05, 4.69) is 205 Å². The molecule has 2 heteroatoms. The summed E-state index contributed by atoms with van der Waals surface area (Å²) in [6.45, 7) is 0. The molecular formula is C52H35NO. The Balaban J connectivity index is 1.06. The highest BCUT2D eigenvalue weighted by atomic mass is 16.3. The first kappa shape index (κ1) is 31.6. The molecule has 254 valence electrons. The van der Waals surface area contributed by atoms with Crippen molar-refractivity contribution in [3.8, 4) is 44.5 Å². The van der Waals surface area contributed by atoms with Crippen LogP contribution in [0.15, 0.2) is 217 Å². The molecular weight excluding hydrogens is 655 g/mol. The number of nitrogens with zero attached hydrogens (tertiary/aromatic N) is 1. The number of benzene rings is 9. The van der Waals surface area contributed by atoms with Crippen LogP contribution in [-0.2, 0) is 0 Å². The van der Waals surface area contributed by atoms with Crippen LogP contribution in [0, 0.1) is 0 Å². The summed E-state index contributed by atoms with van der Waals surface area (Å²) in [6.07, 6.45) is 0. The molecule has 0 N–H and O–H groups in total. The molecule has 0 aliphatic heterocycles. The topological polar surface area (TPSA) is 16.4 Å². The lowest BCUT2D eigenvalue weighted by Gasteiger charge is -2.26. The second-order valence-electron chi connectivity index (χ2n) is 13.7. The van der Waals surface area contributed by atoms with Crippen molar-refractivity contribution < 1.29 is 4.42 Å². The van der Waals surface area contributed by atoms with Crippen LogP contribution in [0.3, 0.4) is 0 Å². The molecule has 9 aromatic carbocycles. The molecule has 10 rings (SSSR count). The van der Waals surface area contributed by atoms with Gasteiger partial charge in [0.1, 0.15) is 11.2 Å². The van der Waals surface area contributed by atoms with Gasteiger partial charge in [0.25, 0.3) is 0 Å². The zero-order valence-corrected chi connectivity index (χ0v) is 29.6. The number of rotatable bonds is 7. The second kappa shape index (κ2) is 13.4. The van der Waals surface area contributed by atoms with E-state index in [1.165, 1.54) is 55.1 Å². The van der Waals surface area contributed by atoms with Crippen LogP contribution in [0.4, 0.5) is 17.1 Å². The van der Waals surface area contributed by atoms with Crippen molar-refractivity contribution in [2.75, 3.05) is 4.90 Å². The molecule has 10 aromatic rings. The fraction of sp³-hybridized carbons (Fsp3) is 0. The summed E-state index contributed by atoms with van der Waals surface area (Å²) in [5.41, 5.74) is 14.7. The third-order valence-electron chi connectivity index (χ3n) is 10.5. The molecule has 0 unspecified atom stereocenters. The molecule has 1 heterocycles. The normalized spacial score (nSPS) is 11.3. The van der Waals surface area contributed by atoms with Crippen molar-refractivity contribution in [2.45, 2.75) is 0 Å². The number of fused-ring (bicyclic) bond motifs is 5. The van der Waals surface area contributed by atoms with E-state index in [9.17, 15) is 0 Å². The molecule has 0 amide bonds. The van der Waals surface area contributed by atoms with Gasteiger partial charge in [0.15, 0.2) is 0 Å². The van der Waals surface area contributed by atoms with Gasteiger partial charge in [-0.05, 0) is 110 Å². The van der Waals surface area contributed by atoms with E-state index in [1.54, 1.807) is 0 Å².